The molecule has 2 unspecified atom stereocenters. The fourth-order valence-electron chi connectivity index (χ4n) is 2.44. The first kappa shape index (κ1) is 7.17. The smallest absolute Gasteiger partial charge is 0.0415 e. The Kier molecular flexibility index (Phi) is 1.64. The molecule has 2 aliphatic rings. The van der Waals surface area contributed by atoms with Gasteiger partial charge < -0.3 is 9.80 Å². The molecule has 2 nitrogen and oxygen atoms in total. The molecule has 2 bridgehead atoms. The molecule has 0 radical (unpaired) electrons. The highest BCUT2D eigenvalue weighted by molar-refractivity contribution is 4.98. The molecular weight excluding hydrogens is 136 g/mol. The molecule has 0 aromatic heterocycles. The van der Waals surface area contributed by atoms with Gasteiger partial charge in [-0.15, -0.1) is 0 Å². The van der Waals surface area contributed by atoms with E-state index in [1.165, 1.54) is 25.9 Å². The van der Waals surface area contributed by atoms with Gasteiger partial charge in [-0.2, -0.15) is 0 Å². The lowest BCUT2D eigenvalue weighted by Gasteiger charge is -2.38. The van der Waals surface area contributed by atoms with Gasteiger partial charge >= 0.3 is 0 Å². The maximum Gasteiger partial charge on any atom is 0.0415 e. The Balaban J connectivity index is 2.12. The highest BCUT2D eigenvalue weighted by Gasteiger charge is 2.36. The summed E-state index contributed by atoms with van der Waals surface area (Å²) >= 11 is 0. The molecule has 0 aromatic carbocycles. The van der Waals surface area contributed by atoms with E-state index in [2.05, 4.69) is 23.4 Å². The fraction of sp³-hybridized carbons (Fsp3) is 0.778. The zero-order chi connectivity index (χ0) is 7.84. The fourth-order valence-corrected chi connectivity index (χ4v) is 2.44. The number of fused-ring (bicyclic) bond motifs is 2. The van der Waals surface area contributed by atoms with Gasteiger partial charge in [-0.1, -0.05) is 6.58 Å². The maximum atomic E-state index is 3.86. The highest BCUT2D eigenvalue weighted by Crippen LogP contribution is 2.29. The summed E-state index contributed by atoms with van der Waals surface area (Å²) in [5.74, 6) is 0. The third-order valence-corrected chi connectivity index (χ3v) is 2.93. The topological polar surface area (TPSA) is 6.48 Å². The minimum atomic E-state index is 0.760. The molecule has 11 heavy (non-hydrogen) atoms. The van der Waals surface area contributed by atoms with Crippen LogP contribution in [-0.2, 0) is 0 Å². The zero-order valence-corrected chi connectivity index (χ0v) is 7.16. The van der Waals surface area contributed by atoms with Gasteiger partial charge in [-0.25, -0.2) is 0 Å². The van der Waals surface area contributed by atoms with Crippen LogP contribution in [0.2, 0.25) is 0 Å². The predicted molar refractivity (Wildman–Crippen MR) is 46.3 cm³/mol. The summed E-state index contributed by atoms with van der Waals surface area (Å²) in [6.07, 6.45) is 4.75. The monoisotopic (exact) mass is 152 g/mol. The molecule has 2 saturated heterocycles. The minimum absolute atomic E-state index is 0.760. The number of likely N-dealkylation sites (tertiary alicyclic amines) is 1. The minimum Gasteiger partial charge on any atom is -0.370 e. The molecule has 62 valence electrons. The van der Waals surface area contributed by atoms with Crippen molar-refractivity contribution in [2.24, 2.45) is 0 Å². The highest BCUT2D eigenvalue weighted by atomic mass is 15.3. The third kappa shape index (κ3) is 1.06. The van der Waals surface area contributed by atoms with Crippen molar-refractivity contribution in [3.8, 4) is 0 Å². The molecular formula is C9H16N2. The van der Waals surface area contributed by atoms with E-state index in [4.69, 9.17) is 0 Å². The van der Waals surface area contributed by atoms with E-state index in [9.17, 15) is 0 Å². The van der Waals surface area contributed by atoms with Crippen LogP contribution < -0.4 is 0 Å². The Morgan fingerprint density at radius 1 is 1.27 bits per heavy atom. The van der Waals surface area contributed by atoms with Crippen LogP contribution in [0.5, 0.6) is 0 Å². The molecule has 2 atom stereocenters. The van der Waals surface area contributed by atoms with Crippen LogP contribution in [-0.4, -0.2) is 42.0 Å². The van der Waals surface area contributed by atoms with Crippen molar-refractivity contribution < 1.29 is 0 Å². The van der Waals surface area contributed by atoms with Gasteiger partial charge in [0.05, 0.1) is 0 Å². The van der Waals surface area contributed by atoms with Crippen LogP contribution in [0.3, 0.4) is 0 Å². The molecule has 2 rings (SSSR count). The lowest BCUT2D eigenvalue weighted by Crippen LogP contribution is -2.49. The van der Waals surface area contributed by atoms with Crippen molar-refractivity contribution in [2.45, 2.75) is 24.9 Å². The van der Waals surface area contributed by atoms with E-state index < -0.39 is 0 Å². The SMILES string of the molecule is C=CN1C2CCC1CN(C)C2. The number of rotatable bonds is 1. The Labute approximate surface area is 68.5 Å². The van der Waals surface area contributed by atoms with Gasteiger partial charge in [-0.3, -0.25) is 0 Å². The van der Waals surface area contributed by atoms with Gasteiger partial charge in [0.2, 0.25) is 0 Å². The van der Waals surface area contributed by atoms with Crippen molar-refractivity contribution in [1.82, 2.24) is 9.80 Å². The average molecular weight is 152 g/mol. The van der Waals surface area contributed by atoms with Crippen molar-refractivity contribution in [3.63, 3.8) is 0 Å². The van der Waals surface area contributed by atoms with E-state index in [-0.39, 0.29) is 0 Å². The van der Waals surface area contributed by atoms with E-state index in [0.29, 0.717) is 0 Å². The molecule has 0 N–H and O–H groups in total. The van der Waals surface area contributed by atoms with Gasteiger partial charge in [-0.05, 0) is 26.1 Å². The largest absolute Gasteiger partial charge is 0.370 e. The molecule has 0 amide bonds. The van der Waals surface area contributed by atoms with Crippen LogP contribution in [0.4, 0.5) is 0 Å². The van der Waals surface area contributed by atoms with Crippen molar-refractivity contribution in [2.75, 3.05) is 20.1 Å². The summed E-state index contributed by atoms with van der Waals surface area (Å²) in [6, 6.07) is 1.52. The third-order valence-electron chi connectivity index (χ3n) is 2.93. The summed E-state index contributed by atoms with van der Waals surface area (Å²) in [6.45, 7) is 6.31. The molecule has 2 heteroatoms. The molecule has 0 saturated carbocycles. The van der Waals surface area contributed by atoms with Crippen LogP contribution in [0.1, 0.15) is 12.8 Å². The Bertz CT molecular complexity index is 153. The van der Waals surface area contributed by atoms with E-state index in [0.717, 1.165) is 12.1 Å². The van der Waals surface area contributed by atoms with E-state index >= 15 is 0 Å². The molecule has 0 aliphatic carbocycles. The number of hydrogen-bond acceptors (Lipinski definition) is 2. The average Bonchev–Trinajstić information content (AvgIpc) is 2.23. The summed E-state index contributed by atoms with van der Waals surface area (Å²) in [5.41, 5.74) is 0. The number of piperazine rings is 1. The molecule has 0 spiro atoms. The van der Waals surface area contributed by atoms with Crippen LogP contribution >= 0.6 is 0 Å². The second-order valence-corrected chi connectivity index (χ2v) is 3.74. The quantitative estimate of drug-likeness (QED) is 0.551. The van der Waals surface area contributed by atoms with Gasteiger partial charge in [0.15, 0.2) is 0 Å². The Morgan fingerprint density at radius 2 is 1.82 bits per heavy atom. The molecule has 2 heterocycles. The van der Waals surface area contributed by atoms with Crippen molar-refractivity contribution in [3.05, 3.63) is 12.8 Å². The molecule has 2 fully saturated rings. The van der Waals surface area contributed by atoms with E-state index in [1.807, 2.05) is 6.20 Å². The van der Waals surface area contributed by atoms with E-state index in [1.54, 1.807) is 0 Å². The maximum absolute atomic E-state index is 3.86. The van der Waals surface area contributed by atoms with Crippen molar-refractivity contribution in [1.29, 1.82) is 0 Å². The molecule has 2 aliphatic heterocycles. The van der Waals surface area contributed by atoms with Gasteiger partial charge in [0.1, 0.15) is 0 Å². The summed E-state index contributed by atoms with van der Waals surface area (Å²) in [7, 11) is 2.21. The van der Waals surface area contributed by atoms with Crippen molar-refractivity contribution >= 4 is 0 Å². The second kappa shape index (κ2) is 2.52. The van der Waals surface area contributed by atoms with Crippen LogP contribution in [0.15, 0.2) is 12.8 Å². The number of likely N-dealkylation sites (N-methyl/N-ethyl adjacent to an activating group) is 1. The number of hydrogen-bond donors (Lipinski definition) is 0. The normalized spacial score (nSPS) is 37.7. The standard InChI is InChI=1S/C9H16N2/c1-3-11-8-4-5-9(11)7-10(2)6-8/h3,8-9H,1,4-7H2,2H3. The lowest BCUT2D eigenvalue weighted by atomic mass is 10.2. The zero-order valence-electron chi connectivity index (χ0n) is 7.16. The Hall–Kier alpha value is -0.500. The summed E-state index contributed by atoms with van der Waals surface area (Å²) in [4.78, 5) is 4.88. The van der Waals surface area contributed by atoms with Crippen LogP contribution in [0, 0.1) is 0 Å². The first-order chi connectivity index (χ1) is 5.31. The Morgan fingerprint density at radius 3 is 2.27 bits per heavy atom. The lowest BCUT2D eigenvalue weighted by molar-refractivity contribution is 0.126. The first-order valence-electron chi connectivity index (χ1n) is 4.40. The molecule has 0 aromatic rings. The number of nitrogens with zero attached hydrogens (tertiary/aromatic N) is 2. The van der Waals surface area contributed by atoms with Gasteiger partial charge in [0.25, 0.3) is 0 Å². The summed E-state index contributed by atoms with van der Waals surface area (Å²) < 4.78 is 0. The van der Waals surface area contributed by atoms with Crippen LogP contribution in [0.25, 0.3) is 0 Å². The summed E-state index contributed by atoms with van der Waals surface area (Å²) in [5, 5.41) is 0. The first-order valence-corrected chi connectivity index (χ1v) is 4.40. The predicted octanol–water partition coefficient (Wildman–Crippen LogP) is 0.908. The van der Waals surface area contributed by atoms with Gasteiger partial charge in [0, 0.05) is 25.2 Å². The second-order valence-electron chi connectivity index (χ2n) is 3.74.